The van der Waals surface area contributed by atoms with Crippen LogP contribution in [0.2, 0.25) is 0 Å². The Morgan fingerprint density at radius 1 is 0.938 bits per heavy atom. The lowest BCUT2D eigenvalue weighted by Crippen LogP contribution is -2.52. The Balaban J connectivity index is 1.32. The van der Waals surface area contributed by atoms with Crippen molar-refractivity contribution in [2.75, 3.05) is 6.54 Å². The molecule has 1 N–H and O–H groups in total. The summed E-state index contributed by atoms with van der Waals surface area (Å²) in [6.07, 6.45) is 13.1. The standard InChI is InChI=1S/C27H39N3O2/c1-4-5-6-7-8-9-10-11-12-15-18-29-25(31)23-19-21-20-16-13-14-17-22(20)28-24(21)27(2,3)30(23)26(29)32/h13-14,16-17,23,28H,4-12,15,18-19H2,1-3H3. The van der Waals surface area contributed by atoms with Crippen LogP contribution in [0.4, 0.5) is 4.79 Å². The van der Waals surface area contributed by atoms with Crippen LogP contribution in [0.1, 0.15) is 96.2 Å². The molecule has 1 atom stereocenters. The van der Waals surface area contributed by atoms with E-state index >= 15 is 0 Å². The van der Waals surface area contributed by atoms with Crippen molar-refractivity contribution in [3.8, 4) is 0 Å². The predicted octanol–water partition coefficient (Wildman–Crippen LogP) is 6.51. The van der Waals surface area contributed by atoms with Gasteiger partial charge in [-0.2, -0.15) is 0 Å². The number of nitrogens with one attached hydrogen (secondary N) is 1. The topological polar surface area (TPSA) is 56.4 Å². The summed E-state index contributed by atoms with van der Waals surface area (Å²) in [5.74, 6) is -0.0186. The Kier molecular flexibility index (Phi) is 6.92. The van der Waals surface area contributed by atoms with Gasteiger partial charge in [0.15, 0.2) is 0 Å². The first kappa shape index (κ1) is 22.9. The third-order valence-corrected chi connectivity index (χ3v) is 7.46. The number of unbranched alkanes of at least 4 members (excludes halogenated alkanes) is 9. The summed E-state index contributed by atoms with van der Waals surface area (Å²) in [7, 11) is 0. The average Bonchev–Trinajstić information content (AvgIpc) is 3.27. The van der Waals surface area contributed by atoms with E-state index in [0.717, 1.165) is 24.1 Å². The van der Waals surface area contributed by atoms with Crippen molar-refractivity contribution in [1.29, 1.82) is 0 Å². The molecule has 3 amide bonds. The maximum absolute atomic E-state index is 13.3. The van der Waals surface area contributed by atoms with Crippen molar-refractivity contribution in [2.45, 2.75) is 103 Å². The molecule has 2 aromatic rings. The second kappa shape index (κ2) is 9.68. The van der Waals surface area contributed by atoms with Gasteiger partial charge in [-0.15, -0.1) is 0 Å². The Hall–Kier alpha value is -2.30. The molecule has 4 rings (SSSR count). The molecule has 1 aromatic carbocycles. The van der Waals surface area contributed by atoms with Crippen LogP contribution in [0, 0.1) is 0 Å². The highest BCUT2D eigenvalue weighted by Crippen LogP contribution is 2.44. The minimum Gasteiger partial charge on any atom is -0.356 e. The largest absolute Gasteiger partial charge is 0.356 e. The van der Waals surface area contributed by atoms with Gasteiger partial charge in [0.25, 0.3) is 5.91 Å². The number of aromatic amines is 1. The monoisotopic (exact) mass is 437 g/mol. The molecule has 5 nitrogen and oxygen atoms in total. The molecule has 0 aliphatic carbocycles. The quantitative estimate of drug-likeness (QED) is 0.322. The number of carbonyl (C=O) groups is 2. The number of imide groups is 1. The second-order valence-corrected chi connectivity index (χ2v) is 10.1. The Morgan fingerprint density at radius 3 is 2.25 bits per heavy atom. The maximum atomic E-state index is 13.3. The minimum atomic E-state index is -0.531. The van der Waals surface area contributed by atoms with E-state index in [9.17, 15) is 9.59 Å². The third-order valence-electron chi connectivity index (χ3n) is 7.46. The van der Waals surface area contributed by atoms with E-state index in [-0.39, 0.29) is 18.0 Å². The number of aromatic nitrogens is 1. The highest BCUT2D eigenvalue weighted by Gasteiger charge is 2.55. The van der Waals surface area contributed by atoms with Gasteiger partial charge in [0.05, 0.1) is 5.54 Å². The summed E-state index contributed by atoms with van der Waals surface area (Å²) in [6.45, 7) is 6.92. The zero-order valence-electron chi connectivity index (χ0n) is 20.1. The zero-order valence-corrected chi connectivity index (χ0v) is 20.1. The highest BCUT2D eigenvalue weighted by atomic mass is 16.2. The van der Waals surface area contributed by atoms with E-state index in [4.69, 9.17) is 0 Å². The molecule has 1 aromatic heterocycles. The smallest absolute Gasteiger partial charge is 0.328 e. The fourth-order valence-corrected chi connectivity index (χ4v) is 5.67. The summed E-state index contributed by atoms with van der Waals surface area (Å²) in [5, 5.41) is 1.17. The molecule has 1 fully saturated rings. The molecule has 2 aliphatic heterocycles. The van der Waals surface area contributed by atoms with Crippen molar-refractivity contribution in [3.63, 3.8) is 0 Å². The van der Waals surface area contributed by atoms with Crippen LogP contribution in [0.15, 0.2) is 24.3 Å². The van der Waals surface area contributed by atoms with Crippen LogP contribution in [0.5, 0.6) is 0 Å². The summed E-state index contributed by atoms with van der Waals surface area (Å²) in [5.41, 5.74) is 2.80. The first-order chi connectivity index (χ1) is 15.5. The summed E-state index contributed by atoms with van der Waals surface area (Å²) < 4.78 is 0. The van der Waals surface area contributed by atoms with Crippen LogP contribution in [0.3, 0.4) is 0 Å². The van der Waals surface area contributed by atoms with E-state index in [1.54, 1.807) is 0 Å². The maximum Gasteiger partial charge on any atom is 0.328 e. The molecule has 0 bridgehead atoms. The minimum absolute atomic E-state index is 0.0186. The Morgan fingerprint density at radius 2 is 1.56 bits per heavy atom. The van der Waals surface area contributed by atoms with Crippen LogP contribution in [-0.2, 0) is 16.8 Å². The molecule has 174 valence electrons. The van der Waals surface area contributed by atoms with Crippen LogP contribution < -0.4 is 0 Å². The summed E-state index contributed by atoms with van der Waals surface area (Å²) in [6, 6.07) is 7.73. The first-order valence-electron chi connectivity index (χ1n) is 12.7. The number of rotatable bonds is 11. The number of hydrogen-bond acceptors (Lipinski definition) is 2. The number of hydrogen-bond donors (Lipinski definition) is 1. The number of H-pyrrole nitrogens is 1. The SMILES string of the molecule is CCCCCCCCCCCCN1C(=O)C2Cc3c([nH]c4ccccc34)C(C)(C)N2C1=O. The fourth-order valence-electron chi connectivity index (χ4n) is 5.67. The average molecular weight is 438 g/mol. The van der Waals surface area contributed by atoms with E-state index in [2.05, 4.69) is 37.9 Å². The number of fused-ring (bicyclic) bond motifs is 4. The summed E-state index contributed by atoms with van der Waals surface area (Å²) in [4.78, 5) is 33.4. The lowest BCUT2D eigenvalue weighted by molar-refractivity contribution is -0.129. The fraction of sp³-hybridized carbons (Fsp3) is 0.630. The highest BCUT2D eigenvalue weighted by molar-refractivity contribution is 6.05. The van der Waals surface area contributed by atoms with Gasteiger partial charge in [-0.3, -0.25) is 9.69 Å². The molecule has 3 heterocycles. The molecule has 0 saturated carbocycles. The van der Waals surface area contributed by atoms with Gasteiger partial charge in [-0.05, 0) is 31.9 Å². The van der Waals surface area contributed by atoms with E-state index in [1.807, 2.05) is 17.0 Å². The Labute approximate surface area is 192 Å². The third kappa shape index (κ3) is 4.18. The van der Waals surface area contributed by atoms with Crippen LogP contribution >= 0.6 is 0 Å². The van der Waals surface area contributed by atoms with Gasteiger partial charge in [-0.25, -0.2) is 4.79 Å². The number of nitrogens with zero attached hydrogens (tertiary/aromatic N) is 2. The predicted molar refractivity (Wildman–Crippen MR) is 130 cm³/mol. The number of carbonyl (C=O) groups excluding carboxylic acids is 2. The van der Waals surface area contributed by atoms with E-state index in [0.29, 0.717) is 13.0 Å². The molecule has 0 radical (unpaired) electrons. The number of para-hydroxylation sites is 1. The second-order valence-electron chi connectivity index (χ2n) is 10.1. The van der Waals surface area contributed by atoms with Gasteiger partial charge in [-0.1, -0.05) is 82.9 Å². The van der Waals surface area contributed by atoms with Crippen molar-refractivity contribution >= 4 is 22.8 Å². The zero-order chi connectivity index (χ0) is 22.7. The Bertz CT molecular complexity index is 961. The number of benzene rings is 1. The van der Waals surface area contributed by atoms with Gasteiger partial charge < -0.3 is 9.88 Å². The molecule has 32 heavy (non-hydrogen) atoms. The van der Waals surface area contributed by atoms with E-state index in [1.165, 1.54) is 67.2 Å². The normalized spacial score (nSPS) is 19.7. The lowest BCUT2D eigenvalue weighted by Gasteiger charge is -2.42. The molecule has 5 heteroatoms. The molecule has 1 unspecified atom stereocenters. The molecular formula is C27H39N3O2. The molecule has 1 saturated heterocycles. The van der Waals surface area contributed by atoms with E-state index < -0.39 is 5.54 Å². The molecule has 0 spiro atoms. The van der Waals surface area contributed by atoms with Crippen LogP contribution in [-0.4, -0.2) is 39.3 Å². The molecule has 2 aliphatic rings. The summed E-state index contributed by atoms with van der Waals surface area (Å²) >= 11 is 0. The number of amides is 3. The van der Waals surface area contributed by atoms with Crippen molar-refractivity contribution in [1.82, 2.24) is 14.8 Å². The van der Waals surface area contributed by atoms with Gasteiger partial charge in [0.1, 0.15) is 6.04 Å². The lowest BCUT2D eigenvalue weighted by atomic mass is 9.85. The van der Waals surface area contributed by atoms with Crippen LogP contribution in [0.25, 0.3) is 10.9 Å². The molecular weight excluding hydrogens is 398 g/mol. The first-order valence-corrected chi connectivity index (χ1v) is 12.7. The van der Waals surface area contributed by atoms with Crippen molar-refractivity contribution in [3.05, 3.63) is 35.5 Å². The van der Waals surface area contributed by atoms with Gasteiger partial charge in [0, 0.05) is 29.6 Å². The van der Waals surface area contributed by atoms with Gasteiger partial charge >= 0.3 is 6.03 Å². The number of urea groups is 1. The van der Waals surface area contributed by atoms with Crippen molar-refractivity contribution < 1.29 is 9.59 Å². The van der Waals surface area contributed by atoms with Gasteiger partial charge in [0.2, 0.25) is 0 Å². The van der Waals surface area contributed by atoms with Crippen molar-refractivity contribution in [2.24, 2.45) is 0 Å².